The Morgan fingerprint density at radius 3 is 1.75 bits per heavy atom. The van der Waals surface area contributed by atoms with E-state index in [9.17, 15) is 0 Å². The maximum Gasteiger partial charge on any atom is 0.179 e. The van der Waals surface area contributed by atoms with Gasteiger partial charge in [-0.25, -0.2) is 0 Å². The van der Waals surface area contributed by atoms with Crippen LogP contribution in [0.3, 0.4) is 0 Å². The largest absolute Gasteiger partial charge is 0.403 e. The molecule has 0 atom stereocenters. The zero-order valence-corrected chi connectivity index (χ0v) is 23.4. The summed E-state index contributed by atoms with van der Waals surface area (Å²) < 4.78 is 7.56. The molecule has 0 N–H and O–H groups in total. The van der Waals surface area contributed by atoms with E-state index in [2.05, 4.69) is 116 Å². The summed E-state index contributed by atoms with van der Waals surface area (Å²) in [5, 5.41) is 0. The fraction of sp³-hybridized carbons (Fsp3) is 0.394. The standard InChI is InChI=1S/C33H43NOSi/c1-3-5-26-36(27-6-4-2)35-33(30-18-12-8-13-19-30,31-20-14-9-15-21-31)32-22-24-34(25-23-32)28-29-16-10-7-11-17-29/h7-22,36H,3-6,23-28H2,1-2H3. The van der Waals surface area contributed by atoms with E-state index in [0.717, 1.165) is 26.1 Å². The molecule has 1 aliphatic heterocycles. The van der Waals surface area contributed by atoms with Crippen molar-refractivity contribution in [2.45, 2.75) is 70.2 Å². The summed E-state index contributed by atoms with van der Waals surface area (Å²) in [7, 11) is -1.43. The van der Waals surface area contributed by atoms with Crippen molar-refractivity contribution in [2.75, 3.05) is 13.1 Å². The molecule has 0 amide bonds. The number of hydrogen-bond acceptors (Lipinski definition) is 2. The first kappa shape index (κ1) is 26.6. The van der Waals surface area contributed by atoms with Crippen molar-refractivity contribution in [3.05, 3.63) is 119 Å². The molecular weight excluding hydrogens is 454 g/mol. The van der Waals surface area contributed by atoms with E-state index < -0.39 is 14.6 Å². The molecule has 0 fully saturated rings. The van der Waals surface area contributed by atoms with Crippen LogP contribution in [0.15, 0.2) is 103 Å². The molecule has 0 saturated heterocycles. The quantitative estimate of drug-likeness (QED) is 0.175. The maximum atomic E-state index is 7.56. The first-order valence-electron chi connectivity index (χ1n) is 14.0. The van der Waals surface area contributed by atoms with Gasteiger partial charge in [-0.3, -0.25) is 4.90 Å². The molecule has 190 valence electrons. The Morgan fingerprint density at radius 2 is 1.28 bits per heavy atom. The fourth-order valence-electron chi connectivity index (χ4n) is 5.49. The smallest absolute Gasteiger partial charge is 0.179 e. The second-order valence-electron chi connectivity index (χ2n) is 10.1. The summed E-state index contributed by atoms with van der Waals surface area (Å²) in [5.41, 5.74) is 4.90. The van der Waals surface area contributed by atoms with E-state index >= 15 is 0 Å². The van der Waals surface area contributed by atoms with Crippen molar-refractivity contribution >= 4 is 9.04 Å². The Labute approximate surface area is 220 Å². The van der Waals surface area contributed by atoms with E-state index in [-0.39, 0.29) is 0 Å². The Balaban J connectivity index is 1.72. The molecule has 0 aliphatic carbocycles. The van der Waals surface area contributed by atoms with Crippen LogP contribution in [0.2, 0.25) is 12.1 Å². The van der Waals surface area contributed by atoms with Crippen molar-refractivity contribution in [2.24, 2.45) is 0 Å². The van der Waals surface area contributed by atoms with Crippen molar-refractivity contribution in [1.82, 2.24) is 4.90 Å². The lowest BCUT2D eigenvalue weighted by Crippen LogP contribution is -2.42. The first-order valence-corrected chi connectivity index (χ1v) is 16.1. The van der Waals surface area contributed by atoms with Gasteiger partial charge in [0.1, 0.15) is 5.60 Å². The summed E-state index contributed by atoms with van der Waals surface area (Å²) >= 11 is 0. The van der Waals surface area contributed by atoms with Crippen molar-refractivity contribution in [3.63, 3.8) is 0 Å². The lowest BCUT2D eigenvalue weighted by Gasteiger charge is -2.43. The minimum atomic E-state index is -1.43. The molecule has 2 nitrogen and oxygen atoms in total. The fourth-order valence-corrected chi connectivity index (χ4v) is 8.66. The van der Waals surface area contributed by atoms with E-state index in [1.807, 2.05) is 0 Å². The number of unbranched alkanes of at least 4 members (excludes halogenated alkanes) is 2. The van der Waals surface area contributed by atoms with E-state index in [1.54, 1.807) is 0 Å². The Hall–Kier alpha value is -2.46. The predicted molar refractivity (Wildman–Crippen MR) is 156 cm³/mol. The zero-order chi connectivity index (χ0) is 25.1. The summed E-state index contributed by atoms with van der Waals surface area (Å²) in [4.78, 5) is 2.56. The molecular formula is C33H43NOSi. The van der Waals surface area contributed by atoms with E-state index in [0.29, 0.717) is 0 Å². The van der Waals surface area contributed by atoms with E-state index in [1.165, 1.54) is 60.0 Å². The molecule has 0 radical (unpaired) electrons. The molecule has 3 heteroatoms. The van der Waals surface area contributed by atoms with Crippen LogP contribution in [0.1, 0.15) is 62.6 Å². The lowest BCUT2D eigenvalue weighted by atomic mass is 9.77. The van der Waals surface area contributed by atoms with Gasteiger partial charge >= 0.3 is 0 Å². The van der Waals surface area contributed by atoms with Crippen LogP contribution < -0.4 is 0 Å². The third kappa shape index (κ3) is 6.64. The average Bonchev–Trinajstić information content (AvgIpc) is 2.95. The maximum absolute atomic E-state index is 7.56. The molecule has 4 rings (SSSR count). The van der Waals surface area contributed by atoms with Gasteiger partial charge in [0.05, 0.1) is 0 Å². The normalized spacial score (nSPS) is 14.7. The number of rotatable bonds is 13. The Bertz CT molecular complexity index is 1000. The minimum absolute atomic E-state index is 0.486. The molecule has 3 aromatic rings. The number of nitrogens with zero attached hydrogens (tertiary/aromatic N) is 1. The number of benzene rings is 3. The number of hydrogen-bond donors (Lipinski definition) is 0. The zero-order valence-electron chi connectivity index (χ0n) is 22.2. The first-order chi connectivity index (χ1) is 17.8. The van der Waals surface area contributed by atoms with Gasteiger partial charge in [-0.2, -0.15) is 0 Å². The van der Waals surface area contributed by atoms with Gasteiger partial charge < -0.3 is 4.43 Å². The molecule has 1 aliphatic rings. The van der Waals surface area contributed by atoms with Crippen LogP contribution in [0.4, 0.5) is 0 Å². The molecule has 0 saturated carbocycles. The molecule has 1 heterocycles. The summed E-state index contributed by atoms with van der Waals surface area (Å²) in [6, 6.07) is 35.5. The minimum Gasteiger partial charge on any atom is -0.403 e. The van der Waals surface area contributed by atoms with Crippen molar-refractivity contribution in [3.8, 4) is 0 Å². The van der Waals surface area contributed by atoms with Crippen LogP contribution in [0.5, 0.6) is 0 Å². The predicted octanol–water partition coefficient (Wildman–Crippen LogP) is 8.10. The molecule has 36 heavy (non-hydrogen) atoms. The van der Waals surface area contributed by atoms with Crippen LogP contribution in [0.25, 0.3) is 0 Å². The van der Waals surface area contributed by atoms with Crippen LogP contribution >= 0.6 is 0 Å². The van der Waals surface area contributed by atoms with Gasteiger partial charge in [0.2, 0.25) is 0 Å². The van der Waals surface area contributed by atoms with Crippen LogP contribution in [-0.2, 0) is 16.6 Å². The summed E-state index contributed by atoms with van der Waals surface area (Å²) in [6.45, 7) is 7.63. The van der Waals surface area contributed by atoms with Gasteiger partial charge in [-0.05, 0) is 40.8 Å². The Kier molecular flexibility index (Phi) is 10.1. The molecule has 0 unspecified atom stereocenters. The molecule has 0 bridgehead atoms. The van der Waals surface area contributed by atoms with Gasteiger partial charge in [-0.1, -0.05) is 137 Å². The van der Waals surface area contributed by atoms with Crippen LogP contribution in [-0.4, -0.2) is 27.0 Å². The highest BCUT2D eigenvalue weighted by Gasteiger charge is 2.41. The second-order valence-corrected chi connectivity index (χ2v) is 12.8. The molecule has 0 spiro atoms. The van der Waals surface area contributed by atoms with E-state index in [4.69, 9.17) is 4.43 Å². The highest BCUT2D eigenvalue weighted by molar-refractivity contribution is 6.52. The summed E-state index contributed by atoms with van der Waals surface area (Å²) in [6.07, 6.45) is 8.52. The molecule has 0 aromatic heterocycles. The third-order valence-corrected chi connectivity index (χ3v) is 10.2. The average molecular weight is 498 g/mol. The highest BCUT2D eigenvalue weighted by Crippen LogP contribution is 2.44. The molecule has 3 aromatic carbocycles. The monoisotopic (exact) mass is 497 g/mol. The van der Waals surface area contributed by atoms with Gasteiger partial charge in [-0.15, -0.1) is 0 Å². The Morgan fingerprint density at radius 1 is 0.750 bits per heavy atom. The topological polar surface area (TPSA) is 12.5 Å². The lowest BCUT2D eigenvalue weighted by molar-refractivity contribution is 0.133. The van der Waals surface area contributed by atoms with Gasteiger partial charge in [0, 0.05) is 19.6 Å². The third-order valence-electron chi connectivity index (χ3n) is 7.46. The van der Waals surface area contributed by atoms with Crippen molar-refractivity contribution < 1.29 is 4.43 Å². The van der Waals surface area contributed by atoms with Gasteiger partial charge in [0.25, 0.3) is 0 Å². The highest BCUT2D eigenvalue weighted by atomic mass is 28.3. The SMILES string of the molecule is CCCC[SiH](CCCC)OC(C1=CCN(Cc2ccccc2)CC1)(c1ccccc1)c1ccccc1. The van der Waals surface area contributed by atoms with Crippen LogP contribution in [0, 0.1) is 0 Å². The second kappa shape index (κ2) is 13.7. The van der Waals surface area contributed by atoms with Crippen molar-refractivity contribution in [1.29, 1.82) is 0 Å². The summed E-state index contributed by atoms with van der Waals surface area (Å²) in [5.74, 6) is 0. The van der Waals surface area contributed by atoms with Gasteiger partial charge in [0.15, 0.2) is 9.04 Å².